The Hall–Kier alpha value is -1.29. The third kappa shape index (κ3) is 2.85. The Morgan fingerprint density at radius 1 is 1.62 bits per heavy atom. The molecule has 1 aromatic heterocycles. The first-order valence-electron chi connectivity index (χ1n) is 5.74. The highest BCUT2D eigenvalue weighted by Crippen LogP contribution is 2.12. The fraction of sp³-hybridized carbons (Fsp3) is 0.583. The molecule has 1 saturated heterocycles. The van der Waals surface area contributed by atoms with Gasteiger partial charge in [0, 0.05) is 25.9 Å². The lowest BCUT2D eigenvalue weighted by molar-refractivity contribution is -0.134. The molecule has 88 valence electrons. The first-order chi connectivity index (χ1) is 7.75. The maximum absolute atomic E-state index is 11.8. The predicted molar refractivity (Wildman–Crippen MR) is 58.8 cm³/mol. The number of amides is 1. The standard InChI is InChI=1S/C12H17NO3/c14-10-3-1-7-13(9-10)12(15)6-5-11-4-2-8-16-11/h2,4,8,10,14H,1,3,5-7,9H2. The number of furan rings is 1. The second-order valence-corrected chi connectivity index (χ2v) is 4.22. The predicted octanol–water partition coefficient (Wildman–Crippen LogP) is 1.20. The number of aliphatic hydroxyl groups excluding tert-OH is 1. The quantitative estimate of drug-likeness (QED) is 0.837. The van der Waals surface area contributed by atoms with Crippen molar-refractivity contribution in [2.75, 3.05) is 13.1 Å². The summed E-state index contributed by atoms with van der Waals surface area (Å²) >= 11 is 0. The van der Waals surface area contributed by atoms with Gasteiger partial charge in [0.05, 0.1) is 12.4 Å². The van der Waals surface area contributed by atoms with E-state index < -0.39 is 0 Å². The SMILES string of the molecule is O=C(CCc1ccco1)N1CCCC(O)C1. The second-order valence-electron chi connectivity index (χ2n) is 4.22. The average Bonchev–Trinajstić information content (AvgIpc) is 2.78. The lowest BCUT2D eigenvalue weighted by atomic mass is 10.1. The highest BCUT2D eigenvalue weighted by atomic mass is 16.3. The first kappa shape index (κ1) is 11.2. The first-order valence-corrected chi connectivity index (χ1v) is 5.74. The van der Waals surface area contributed by atoms with Crippen LogP contribution in [-0.4, -0.2) is 35.1 Å². The Kier molecular flexibility index (Phi) is 3.62. The summed E-state index contributed by atoms with van der Waals surface area (Å²) in [5, 5.41) is 9.47. The van der Waals surface area contributed by atoms with E-state index in [-0.39, 0.29) is 12.0 Å². The van der Waals surface area contributed by atoms with Crippen molar-refractivity contribution in [3.63, 3.8) is 0 Å². The molecule has 0 radical (unpaired) electrons. The summed E-state index contributed by atoms with van der Waals surface area (Å²) in [6, 6.07) is 3.70. The van der Waals surface area contributed by atoms with Gasteiger partial charge in [0.25, 0.3) is 0 Å². The van der Waals surface area contributed by atoms with Gasteiger partial charge in [-0.1, -0.05) is 0 Å². The zero-order chi connectivity index (χ0) is 11.4. The van der Waals surface area contributed by atoms with Crippen molar-refractivity contribution in [2.45, 2.75) is 31.8 Å². The normalized spacial score (nSPS) is 21.1. The van der Waals surface area contributed by atoms with Crippen LogP contribution < -0.4 is 0 Å². The summed E-state index contributed by atoms with van der Waals surface area (Å²) < 4.78 is 5.17. The molecule has 1 atom stereocenters. The Bertz CT molecular complexity index is 334. The highest BCUT2D eigenvalue weighted by Gasteiger charge is 2.21. The molecule has 0 aromatic carbocycles. The number of carbonyl (C=O) groups is 1. The molecular formula is C12H17NO3. The number of β-amino-alcohol motifs (C(OH)–C–C–N with tert-alkyl or cyclic N) is 1. The summed E-state index contributed by atoms with van der Waals surface area (Å²) in [6.45, 7) is 1.25. The van der Waals surface area contributed by atoms with E-state index in [2.05, 4.69) is 0 Å². The van der Waals surface area contributed by atoms with E-state index in [1.165, 1.54) is 0 Å². The minimum absolute atomic E-state index is 0.107. The molecule has 1 fully saturated rings. The maximum Gasteiger partial charge on any atom is 0.223 e. The van der Waals surface area contributed by atoms with Gasteiger partial charge in [0.1, 0.15) is 5.76 Å². The van der Waals surface area contributed by atoms with Crippen LogP contribution >= 0.6 is 0 Å². The Balaban J connectivity index is 1.79. The lowest BCUT2D eigenvalue weighted by Gasteiger charge is -2.30. The number of rotatable bonds is 3. The number of hydrogen-bond donors (Lipinski definition) is 1. The number of aryl methyl sites for hydroxylation is 1. The fourth-order valence-electron chi connectivity index (χ4n) is 2.02. The maximum atomic E-state index is 11.8. The third-order valence-electron chi connectivity index (χ3n) is 2.91. The average molecular weight is 223 g/mol. The number of hydrogen-bond acceptors (Lipinski definition) is 3. The van der Waals surface area contributed by atoms with E-state index in [4.69, 9.17) is 4.42 Å². The Labute approximate surface area is 94.9 Å². The van der Waals surface area contributed by atoms with Gasteiger partial charge < -0.3 is 14.4 Å². The topological polar surface area (TPSA) is 53.7 Å². The van der Waals surface area contributed by atoms with Crippen molar-refractivity contribution in [3.8, 4) is 0 Å². The van der Waals surface area contributed by atoms with Crippen LogP contribution in [0.4, 0.5) is 0 Å². The van der Waals surface area contributed by atoms with Crippen LogP contribution in [0.3, 0.4) is 0 Å². The Morgan fingerprint density at radius 3 is 3.19 bits per heavy atom. The molecule has 16 heavy (non-hydrogen) atoms. The van der Waals surface area contributed by atoms with Crippen LogP contribution in [0, 0.1) is 0 Å². The van der Waals surface area contributed by atoms with Gasteiger partial charge in [-0.3, -0.25) is 4.79 Å². The molecule has 0 aliphatic carbocycles. The summed E-state index contributed by atoms with van der Waals surface area (Å²) in [5.74, 6) is 0.945. The zero-order valence-electron chi connectivity index (χ0n) is 9.26. The van der Waals surface area contributed by atoms with Crippen LogP contribution in [0.15, 0.2) is 22.8 Å². The summed E-state index contributed by atoms with van der Waals surface area (Å²) in [7, 11) is 0. The van der Waals surface area contributed by atoms with Gasteiger partial charge in [-0.05, 0) is 25.0 Å². The largest absolute Gasteiger partial charge is 0.469 e. The van der Waals surface area contributed by atoms with E-state index in [1.54, 1.807) is 11.2 Å². The molecule has 1 aliphatic rings. The van der Waals surface area contributed by atoms with Crippen molar-refractivity contribution in [1.82, 2.24) is 4.90 Å². The Morgan fingerprint density at radius 2 is 2.50 bits per heavy atom. The van der Waals surface area contributed by atoms with Crippen LogP contribution in [0.5, 0.6) is 0 Å². The minimum atomic E-state index is -0.346. The van der Waals surface area contributed by atoms with E-state index in [0.29, 0.717) is 19.4 Å². The van der Waals surface area contributed by atoms with Gasteiger partial charge in [0.15, 0.2) is 0 Å². The smallest absolute Gasteiger partial charge is 0.223 e. The van der Waals surface area contributed by atoms with E-state index in [9.17, 15) is 9.90 Å². The summed E-state index contributed by atoms with van der Waals surface area (Å²) in [5.41, 5.74) is 0. The fourth-order valence-corrected chi connectivity index (χ4v) is 2.02. The molecule has 2 heterocycles. The van der Waals surface area contributed by atoms with Crippen molar-refractivity contribution in [2.24, 2.45) is 0 Å². The van der Waals surface area contributed by atoms with E-state index in [1.807, 2.05) is 12.1 Å². The van der Waals surface area contributed by atoms with Crippen LogP contribution in [0.2, 0.25) is 0 Å². The second kappa shape index (κ2) is 5.16. The van der Waals surface area contributed by atoms with Gasteiger partial charge in [-0.2, -0.15) is 0 Å². The number of carbonyl (C=O) groups excluding carboxylic acids is 1. The summed E-state index contributed by atoms with van der Waals surface area (Å²) in [6.07, 6.45) is 4.07. The van der Waals surface area contributed by atoms with Crippen molar-refractivity contribution in [3.05, 3.63) is 24.2 Å². The number of piperidine rings is 1. The van der Waals surface area contributed by atoms with E-state index >= 15 is 0 Å². The van der Waals surface area contributed by atoms with Gasteiger partial charge in [-0.15, -0.1) is 0 Å². The van der Waals surface area contributed by atoms with Gasteiger partial charge >= 0.3 is 0 Å². The highest BCUT2D eigenvalue weighted by molar-refractivity contribution is 5.76. The van der Waals surface area contributed by atoms with Crippen LogP contribution in [0.1, 0.15) is 25.0 Å². The molecular weight excluding hydrogens is 206 g/mol. The molecule has 2 rings (SSSR count). The molecule has 0 saturated carbocycles. The van der Waals surface area contributed by atoms with E-state index in [0.717, 1.165) is 25.1 Å². The van der Waals surface area contributed by atoms with Gasteiger partial charge in [-0.25, -0.2) is 0 Å². The number of aliphatic hydroxyl groups is 1. The molecule has 4 nitrogen and oxygen atoms in total. The van der Waals surface area contributed by atoms with Gasteiger partial charge in [0.2, 0.25) is 5.91 Å². The molecule has 1 unspecified atom stereocenters. The number of likely N-dealkylation sites (tertiary alicyclic amines) is 1. The number of nitrogens with zero attached hydrogens (tertiary/aromatic N) is 1. The molecule has 0 spiro atoms. The van der Waals surface area contributed by atoms with Crippen molar-refractivity contribution in [1.29, 1.82) is 0 Å². The molecule has 1 N–H and O–H groups in total. The molecule has 0 bridgehead atoms. The monoisotopic (exact) mass is 223 g/mol. The van der Waals surface area contributed by atoms with Crippen LogP contribution in [0.25, 0.3) is 0 Å². The van der Waals surface area contributed by atoms with Crippen molar-refractivity contribution >= 4 is 5.91 Å². The molecule has 4 heteroatoms. The zero-order valence-corrected chi connectivity index (χ0v) is 9.26. The lowest BCUT2D eigenvalue weighted by Crippen LogP contribution is -2.42. The third-order valence-corrected chi connectivity index (χ3v) is 2.91. The van der Waals surface area contributed by atoms with Crippen molar-refractivity contribution < 1.29 is 14.3 Å². The molecule has 1 aliphatic heterocycles. The van der Waals surface area contributed by atoms with Crippen LogP contribution in [-0.2, 0) is 11.2 Å². The minimum Gasteiger partial charge on any atom is -0.469 e. The molecule has 1 aromatic rings. The summed E-state index contributed by atoms with van der Waals surface area (Å²) in [4.78, 5) is 13.6. The molecule has 1 amide bonds.